The Morgan fingerprint density at radius 2 is 0.833 bits per heavy atom. The molecule has 0 bridgehead atoms. The summed E-state index contributed by atoms with van der Waals surface area (Å²) in [5.41, 5.74) is 0. The average Bonchev–Trinajstić information content (AvgIpc) is 2.66. The first-order valence-corrected chi connectivity index (χ1v) is 9.69. The van der Waals surface area contributed by atoms with Gasteiger partial charge in [0, 0.05) is 12.1 Å². The van der Waals surface area contributed by atoms with Crippen molar-refractivity contribution in [1.82, 2.24) is 10.6 Å². The molecular weight excluding hydrogens is 308 g/mol. The summed E-state index contributed by atoms with van der Waals surface area (Å²) < 4.78 is 0. The van der Waals surface area contributed by atoms with Crippen LogP contribution in [0, 0.1) is 0 Å². The van der Waals surface area contributed by atoms with Crippen LogP contribution in [-0.2, 0) is 0 Å². The Labute approximate surface area is 146 Å². The molecule has 2 rings (SSSR count). The fraction of sp³-hybridized carbons (Fsp3) is 1.00. The molecule has 0 aliphatic heterocycles. The van der Waals surface area contributed by atoms with Crippen LogP contribution >= 0.6 is 0 Å². The number of hydrogen-bond acceptors (Lipinski definition) is 6. The average molecular weight is 347 g/mol. The third-order valence-electron chi connectivity index (χ3n) is 5.03. The smallest absolute Gasteiger partial charge is 0.0607 e. The van der Waals surface area contributed by atoms with Gasteiger partial charge in [0.15, 0.2) is 0 Å². The summed E-state index contributed by atoms with van der Waals surface area (Å²) in [6, 6.07) is 0.798. The predicted molar refractivity (Wildman–Crippen MR) is 95.9 cm³/mol. The molecule has 0 aromatic heterocycles. The minimum Gasteiger partial charge on any atom is -0.395 e. The van der Waals surface area contributed by atoms with Crippen LogP contribution in [0.5, 0.6) is 0 Å². The second-order valence-electron chi connectivity index (χ2n) is 7.13. The molecule has 6 nitrogen and oxygen atoms in total. The lowest BCUT2D eigenvalue weighted by Crippen LogP contribution is -2.43. The number of nitrogens with one attached hydrogen (secondary N) is 2. The van der Waals surface area contributed by atoms with Crippen LogP contribution in [-0.4, -0.2) is 71.0 Å². The van der Waals surface area contributed by atoms with E-state index in [1.54, 1.807) is 0 Å². The maximum atomic E-state index is 8.83. The van der Waals surface area contributed by atoms with Crippen LogP contribution in [0.4, 0.5) is 0 Å². The number of hydrogen-bond donors (Lipinski definition) is 6. The first-order chi connectivity index (χ1) is 11.7. The van der Waals surface area contributed by atoms with Gasteiger partial charge in [0.1, 0.15) is 0 Å². The topological polar surface area (TPSA) is 105 Å². The summed E-state index contributed by atoms with van der Waals surface area (Å²) in [5.74, 6) is 0. The lowest BCUT2D eigenvalue weighted by molar-refractivity contribution is 0.154. The molecule has 2 aliphatic rings. The highest BCUT2D eigenvalue weighted by molar-refractivity contribution is 4.77. The first-order valence-electron chi connectivity index (χ1n) is 9.69. The predicted octanol–water partition coefficient (Wildman–Crippen LogP) is 0.524. The molecule has 2 fully saturated rings. The Morgan fingerprint density at radius 1 is 0.542 bits per heavy atom. The second-order valence-corrected chi connectivity index (χ2v) is 7.13. The van der Waals surface area contributed by atoms with Crippen molar-refractivity contribution in [3.05, 3.63) is 0 Å². The van der Waals surface area contributed by atoms with E-state index in [9.17, 15) is 0 Å². The maximum Gasteiger partial charge on any atom is 0.0607 e. The van der Waals surface area contributed by atoms with E-state index in [4.69, 9.17) is 20.4 Å². The zero-order valence-corrected chi connectivity index (χ0v) is 15.0. The third kappa shape index (κ3) is 9.30. The highest BCUT2D eigenvalue weighted by atomic mass is 16.3. The second kappa shape index (κ2) is 14.0. The summed E-state index contributed by atoms with van der Waals surface area (Å²) in [5, 5.41) is 41.8. The molecule has 6 N–H and O–H groups in total. The Morgan fingerprint density at radius 3 is 1.08 bits per heavy atom. The molecule has 0 spiro atoms. The van der Waals surface area contributed by atoms with Gasteiger partial charge in [0.25, 0.3) is 0 Å². The minimum absolute atomic E-state index is 0.0347. The maximum absolute atomic E-state index is 8.83. The first kappa shape index (κ1) is 21.8. The van der Waals surface area contributed by atoms with E-state index in [1.807, 2.05) is 0 Å². The third-order valence-corrected chi connectivity index (χ3v) is 5.03. The lowest BCUT2D eigenvalue weighted by atomic mass is 9.95. The number of aliphatic hydroxyl groups is 4. The number of rotatable bonds is 8. The molecule has 0 atom stereocenters. The minimum atomic E-state index is -0.118. The van der Waals surface area contributed by atoms with E-state index >= 15 is 0 Å². The van der Waals surface area contributed by atoms with Crippen LogP contribution in [0.3, 0.4) is 0 Å². The van der Waals surface area contributed by atoms with Crippen molar-refractivity contribution in [2.45, 2.75) is 88.4 Å². The van der Waals surface area contributed by atoms with Crippen molar-refractivity contribution in [3.63, 3.8) is 0 Å². The van der Waals surface area contributed by atoms with Crippen molar-refractivity contribution < 1.29 is 20.4 Å². The van der Waals surface area contributed by atoms with Gasteiger partial charge >= 0.3 is 0 Å². The van der Waals surface area contributed by atoms with Gasteiger partial charge in [0.2, 0.25) is 0 Å². The molecule has 0 amide bonds. The Kier molecular flexibility index (Phi) is 12.7. The standard InChI is InChI=1S/2C9H19NO2/c2*11-6-9(7-12)10-8-4-2-1-3-5-8/h2*8-12H,1-7H2. The molecule has 2 saturated carbocycles. The quantitative estimate of drug-likeness (QED) is 0.383. The van der Waals surface area contributed by atoms with E-state index in [0.29, 0.717) is 12.1 Å². The summed E-state index contributed by atoms with van der Waals surface area (Å²) in [7, 11) is 0. The molecule has 0 radical (unpaired) electrons. The van der Waals surface area contributed by atoms with E-state index < -0.39 is 0 Å². The van der Waals surface area contributed by atoms with Crippen molar-refractivity contribution >= 4 is 0 Å². The molecule has 0 heterocycles. The molecule has 24 heavy (non-hydrogen) atoms. The molecular formula is C18H38N2O4. The van der Waals surface area contributed by atoms with Gasteiger partial charge in [0.05, 0.1) is 38.5 Å². The fourth-order valence-corrected chi connectivity index (χ4v) is 3.53. The molecule has 0 saturated heterocycles. The number of aliphatic hydroxyl groups excluding tert-OH is 4. The van der Waals surface area contributed by atoms with Crippen molar-refractivity contribution in [2.24, 2.45) is 0 Å². The highest BCUT2D eigenvalue weighted by Crippen LogP contribution is 2.18. The van der Waals surface area contributed by atoms with Gasteiger partial charge < -0.3 is 31.1 Å². The summed E-state index contributed by atoms with van der Waals surface area (Å²) in [4.78, 5) is 0. The molecule has 0 aromatic rings. The summed E-state index contributed by atoms with van der Waals surface area (Å²) in [6.45, 7) is 0.139. The van der Waals surface area contributed by atoms with E-state index in [0.717, 1.165) is 0 Å². The van der Waals surface area contributed by atoms with Crippen molar-refractivity contribution in [1.29, 1.82) is 0 Å². The van der Waals surface area contributed by atoms with Gasteiger partial charge in [-0.3, -0.25) is 0 Å². The Balaban J connectivity index is 0.000000240. The summed E-state index contributed by atoms with van der Waals surface area (Å²) >= 11 is 0. The van der Waals surface area contributed by atoms with Crippen molar-refractivity contribution in [2.75, 3.05) is 26.4 Å². The van der Waals surface area contributed by atoms with Crippen LogP contribution in [0.1, 0.15) is 64.2 Å². The van der Waals surface area contributed by atoms with Gasteiger partial charge in [-0.2, -0.15) is 0 Å². The Hall–Kier alpha value is -0.240. The van der Waals surface area contributed by atoms with E-state index in [1.165, 1.54) is 64.2 Å². The SMILES string of the molecule is OCC(CO)NC1CCCCC1.OCC(CO)NC1CCCCC1. The fourth-order valence-electron chi connectivity index (χ4n) is 3.53. The lowest BCUT2D eigenvalue weighted by Gasteiger charge is -2.26. The van der Waals surface area contributed by atoms with Crippen LogP contribution in [0.15, 0.2) is 0 Å². The van der Waals surface area contributed by atoms with Crippen molar-refractivity contribution in [3.8, 4) is 0 Å². The molecule has 2 aliphatic carbocycles. The van der Waals surface area contributed by atoms with Crippen LogP contribution in [0.2, 0.25) is 0 Å². The largest absolute Gasteiger partial charge is 0.395 e. The van der Waals surface area contributed by atoms with Gasteiger partial charge in [-0.05, 0) is 25.7 Å². The van der Waals surface area contributed by atoms with Gasteiger partial charge in [-0.15, -0.1) is 0 Å². The van der Waals surface area contributed by atoms with Gasteiger partial charge in [-0.25, -0.2) is 0 Å². The van der Waals surface area contributed by atoms with E-state index in [2.05, 4.69) is 10.6 Å². The Bertz CT molecular complexity index is 246. The van der Waals surface area contributed by atoms with Gasteiger partial charge in [-0.1, -0.05) is 38.5 Å². The van der Waals surface area contributed by atoms with Crippen LogP contribution < -0.4 is 10.6 Å². The normalized spacial score (nSPS) is 20.2. The van der Waals surface area contributed by atoms with Crippen LogP contribution in [0.25, 0.3) is 0 Å². The van der Waals surface area contributed by atoms with E-state index in [-0.39, 0.29) is 38.5 Å². The molecule has 0 unspecified atom stereocenters. The monoisotopic (exact) mass is 346 g/mol. The molecule has 144 valence electrons. The zero-order valence-electron chi connectivity index (χ0n) is 15.0. The molecule has 0 aromatic carbocycles. The summed E-state index contributed by atoms with van der Waals surface area (Å²) in [6.07, 6.45) is 12.5. The highest BCUT2D eigenvalue weighted by Gasteiger charge is 2.17. The zero-order chi connectivity index (χ0) is 17.6. The molecule has 6 heteroatoms.